The summed E-state index contributed by atoms with van der Waals surface area (Å²) < 4.78 is 30.5. The second kappa shape index (κ2) is 13.9. The van der Waals surface area contributed by atoms with Crippen LogP contribution in [0.4, 0.5) is 9.18 Å². The van der Waals surface area contributed by atoms with Gasteiger partial charge >= 0.3 is 6.09 Å². The molecule has 1 amide bonds. The highest BCUT2D eigenvalue weighted by Crippen LogP contribution is 2.35. The van der Waals surface area contributed by atoms with Gasteiger partial charge in [-0.05, 0) is 116 Å². The standard InChI is InChI=1S/C35H44ClFN2O7/c1-32(2,3)46-31(41)39-34(6,7)23-18-26(21-10-12-25(37)24(36)16-21)38-30(19-23)35(8,43)15-14-27(40)22-11-13-28(29(17-22)44-9)45-20-33(4,5)42/h10-13,16-19,42-43H,14-15,20H2,1-9H3,(H,39,41). The van der Waals surface area contributed by atoms with Gasteiger partial charge in [0.15, 0.2) is 17.3 Å². The van der Waals surface area contributed by atoms with E-state index in [0.29, 0.717) is 33.9 Å². The molecule has 11 heteroatoms. The minimum absolute atomic E-state index is 0.00505. The zero-order chi connectivity index (χ0) is 34.7. The van der Waals surface area contributed by atoms with E-state index >= 15 is 0 Å². The number of amides is 1. The SMILES string of the molecule is COc1cc(C(=O)CCC(C)(O)c2cc(C(C)(C)NC(=O)OC(C)(C)C)cc(-c3ccc(F)c(Cl)c3)n2)ccc1OCC(C)(C)O. The van der Waals surface area contributed by atoms with Crippen LogP contribution in [0.5, 0.6) is 11.5 Å². The average molecular weight is 659 g/mol. The molecular weight excluding hydrogens is 615 g/mol. The van der Waals surface area contributed by atoms with Crippen molar-refractivity contribution >= 4 is 23.5 Å². The van der Waals surface area contributed by atoms with E-state index in [0.717, 1.165) is 0 Å². The van der Waals surface area contributed by atoms with E-state index in [1.54, 1.807) is 85.7 Å². The third-order valence-corrected chi connectivity index (χ3v) is 7.32. The number of nitrogens with one attached hydrogen (secondary N) is 1. The number of hydrogen-bond donors (Lipinski definition) is 3. The quantitative estimate of drug-likeness (QED) is 0.173. The number of aliphatic hydroxyl groups is 2. The minimum Gasteiger partial charge on any atom is -0.493 e. The molecule has 46 heavy (non-hydrogen) atoms. The van der Waals surface area contributed by atoms with E-state index in [9.17, 15) is 24.2 Å². The van der Waals surface area contributed by atoms with Gasteiger partial charge in [-0.1, -0.05) is 11.6 Å². The number of pyridine rings is 1. The number of rotatable bonds is 12. The lowest BCUT2D eigenvalue weighted by Gasteiger charge is -2.31. The molecule has 1 atom stereocenters. The smallest absolute Gasteiger partial charge is 0.408 e. The van der Waals surface area contributed by atoms with Crippen molar-refractivity contribution in [3.8, 4) is 22.8 Å². The Bertz CT molecular complexity index is 1580. The van der Waals surface area contributed by atoms with Crippen molar-refractivity contribution in [2.24, 2.45) is 0 Å². The van der Waals surface area contributed by atoms with Gasteiger partial charge in [0, 0.05) is 17.5 Å². The first-order valence-electron chi connectivity index (χ1n) is 14.9. The molecule has 3 aromatic rings. The molecule has 0 saturated heterocycles. The molecule has 0 radical (unpaired) electrons. The van der Waals surface area contributed by atoms with Crippen LogP contribution in [0.15, 0.2) is 48.5 Å². The van der Waals surface area contributed by atoms with E-state index in [1.165, 1.54) is 25.3 Å². The molecule has 0 aliphatic carbocycles. The van der Waals surface area contributed by atoms with Crippen molar-refractivity contribution in [1.29, 1.82) is 0 Å². The third-order valence-electron chi connectivity index (χ3n) is 7.03. The van der Waals surface area contributed by atoms with Crippen molar-refractivity contribution in [3.05, 3.63) is 76.2 Å². The number of carbonyl (C=O) groups excluding carboxylic acids is 2. The lowest BCUT2D eigenvalue weighted by molar-refractivity contribution is 0.0276. The first-order chi connectivity index (χ1) is 21.1. The highest BCUT2D eigenvalue weighted by Gasteiger charge is 2.32. The first-order valence-corrected chi connectivity index (χ1v) is 15.3. The van der Waals surface area contributed by atoms with Crippen LogP contribution in [-0.4, -0.2) is 52.0 Å². The number of aromatic nitrogens is 1. The van der Waals surface area contributed by atoms with Crippen molar-refractivity contribution in [2.45, 2.75) is 90.6 Å². The van der Waals surface area contributed by atoms with Gasteiger partial charge in [-0.25, -0.2) is 14.2 Å². The van der Waals surface area contributed by atoms with Gasteiger partial charge in [0.2, 0.25) is 0 Å². The predicted octanol–water partition coefficient (Wildman–Crippen LogP) is 7.33. The Kier molecular flexibility index (Phi) is 11.1. The van der Waals surface area contributed by atoms with E-state index < -0.39 is 34.3 Å². The highest BCUT2D eigenvalue weighted by atomic mass is 35.5. The Morgan fingerprint density at radius 1 is 0.935 bits per heavy atom. The molecule has 0 aliphatic heterocycles. The van der Waals surface area contributed by atoms with Crippen LogP contribution in [0.3, 0.4) is 0 Å². The minimum atomic E-state index is -1.59. The van der Waals surface area contributed by atoms with Crippen LogP contribution in [0.2, 0.25) is 5.02 Å². The zero-order valence-corrected chi connectivity index (χ0v) is 28.6. The third kappa shape index (κ3) is 10.1. The first kappa shape index (κ1) is 36.7. The van der Waals surface area contributed by atoms with Crippen LogP contribution in [0.25, 0.3) is 11.3 Å². The molecule has 0 fully saturated rings. The van der Waals surface area contributed by atoms with Crippen molar-refractivity contribution in [3.63, 3.8) is 0 Å². The molecule has 0 bridgehead atoms. The number of methoxy groups -OCH3 is 1. The summed E-state index contributed by atoms with van der Waals surface area (Å²) in [4.78, 5) is 30.6. The molecule has 0 spiro atoms. The van der Waals surface area contributed by atoms with Gasteiger partial charge in [-0.3, -0.25) is 4.79 Å². The summed E-state index contributed by atoms with van der Waals surface area (Å²) in [7, 11) is 1.45. The highest BCUT2D eigenvalue weighted by molar-refractivity contribution is 6.31. The normalized spacial score (nSPS) is 13.5. The Morgan fingerprint density at radius 2 is 1.61 bits per heavy atom. The van der Waals surface area contributed by atoms with Gasteiger partial charge < -0.3 is 29.7 Å². The second-order valence-corrected chi connectivity index (χ2v) is 14.1. The van der Waals surface area contributed by atoms with Crippen molar-refractivity contribution in [2.75, 3.05) is 13.7 Å². The van der Waals surface area contributed by atoms with Gasteiger partial charge in [-0.15, -0.1) is 0 Å². The Hall–Kier alpha value is -3.73. The molecule has 0 aliphatic rings. The Labute approximate surface area is 275 Å². The molecule has 3 N–H and O–H groups in total. The van der Waals surface area contributed by atoms with Gasteiger partial charge in [0.1, 0.15) is 23.6 Å². The summed E-state index contributed by atoms with van der Waals surface area (Å²) in [5.41, 5.74) is -2.31. The second-order valence-electron chi connectivity index (χ2n) is 13.7. The summed E-state index contributed by atoms with van der Waals surface area (Å²) >= 11 is 6.07. The van der Waals surface area contributed by atoms with E-state index in [2.05, 4.69) is 10.3 Å². The lowest BCUT2D eigenvalue weighted by Crippen LogP contribution is -2.44. The number of hydrogen-bond acceptors (Lipinski definition) is 8. The number of alkyl carbamates (subject to hydrolysis) is 1. The summed E-state index contributed by atoms with van der Waals surface area (Å²) in [6.07, 6.45) is -0.666. The number of nitrogens with zero attached hydrogens (tertiary/aromatic N) is 1. The maximum atomic E-state index is 14.0. The molecular formula is C35H44ClFN2O7. The number of ketones is 1. The fourth-order valence-electron chi connectivity index (χ4n) is 4.45. The number of halogens is 2. The largest absolute Gasteiger partial charge is 0.493 e. The number of carbonyl (C=O) groups is 2. The Balaban J connectivity index is 1.93. The van der Waals surface area contributed by atoms with Crippen LogP contribution in [0, 0.1) is 5.82 Å². The number of benzene rings is 2. The molecule has 3 rings (SSSR count). The summed E-state index contributed by atoms with van der Waals surface area (Å²) in [5, 5.41) is 24.4. The molecule has 9 nitrogen and oxygen atoms in total. The number of Topliss-reactive ketones (excluding diaryl/α,β-unsaturated/α-hetero) is 1. The molecule has 1 heterocycles. The van der Waals surface area contributed by atoms with E-state index in [-0.39, 0.29) is 35.9 Å². The molecule has 250 valence electrons. The number of ether oxygens (including phenoxy) is 3. The topological polar surface area (TPSA) is 127 Å². The van der Waals surface area contributed by atoms with E-state index in [4.69, 9.17) is 25.8 Å². The van der Waals surface area contributed by atoms with Crippen LogP contribution < -0.4 is 14.8 Å². The maximum absolute atomic E-state index is 14.0. The van der Waals surface area contributed by atoms with Crippen LogP contribution in [0.1, 0.15) is 89.8 Å². The lowest BCUT2D eigenvalue weighted by atomic mass is 9.87. The van der Waals surface area contributed by atoms with Crippen molar-refractivity contribution in [1.82, 2.24) is 10.3 Å². The Morgan fingerprint density at radius 3 is 2.20 bits per heavy atom. The van der Waals surface area contributed by atoms with Crippen molar-refractivity contribution < 1.29 is 38.4 Å². The van der Waals surface area contributed by atoms with Crippen LogP contribution in [-0.2, 0) is 15.9 Å². The molecule has 1 unspecified atom stereocenters. The summed E-state index contributed by atoms with van der Waals surface area (Å²) in [5.74, 6) is -0.127. The predicted molar refractivity (Wildman–Crippen MR) is 175 cm³/mol. The maximum Gasteiger partial charge on any atom is 0.408 e. The van der Waals surface area contributed by atoms with Gasteiger partial charge in [0.25, 0.3) is 0 Å². The van der Waals surface area contributed by atoms with Gasteiger partial charge in [0.05, 0.1) is 34.7 Å². The fourth-order valence-corrected chi connectivity index (χ4v) is 4.63. The molecule has 0 saturated carbocycles. The summed E-state index contributed by atoms with van der Waals surface area (Å²) in [6.45, 7) is 13.6. The zero-order valence-electron chi connectivity index (χ0n) is 27.9. The van der Waals surface area contributed by atoms with Gasteiger partial charge in [-0.2, -0.15) is 0 Å². The average Bonchev–Trinajstić information content (AvgIpc) is 2.94. The van der Waals surface area contributed by atoms with E-state index in [1.807, 2.05) is 0 Å². The molecule has 1 aromatic heterocycles. The molecule has 2 aromatic carbocycles. The summed E-state index contributed by atoms with van der Waals surface area (Å²) in [6, 6.07) is 12.3. The van der Waals surface area contributed by atoms with Crippen LogP contribution >= 0.6 is 11.6 Å². The monoisotopic (exact) mass is 658 g/mol. The fraction of sp³-hybridized carbons (Fsp3) is 0.457.